The summed E-state index contributed by atoms with van der Waals surface area (Å²) in [5.74, 6) is 0.808. The molecule has 1 amide bonds. The van der Waals surface area contributed by atoms with E-state index in [0.717, 1.165) is 17.2 Å². The number of carbonyl (C=O) groups is 1. The molecule has 0 spiro atoms. The zero-order chi connectivity index (χ0) is 18.2. The van der Waals surface area contributed by atoms with Crippen molar-refractivity contribution in [2.24, 2.45) is 5.92 Å². The van der Waals surface area contributed by atoms with E-state index in [2.05, 4.69) is 17.0 Å². The van der Waals surface area contributed by atoms with E-state index in [4.69, 9.17) is 0 Å². The lowest BCUT2D eigenvalue weighted by atomic mass is 10.1. The number of rotatable bonds is 3. The fourth-order valence-corrected chi connectivity index (χ4v) is 1.81. The molecule has 0 aromatic rings. The summed E-state index contributed by atoms with van der Waals surface area (Å²) in [6.07, 6.45) is 0.358. The van der Waals surface area contributed by atoms with Gasteiger partial charge in [0.2, 0.25) is 6.41 Å². The van der Waals surface area contributed by atoms with Gasteiger partial charge >= 0.3 is 6.18 Å². The first-order valence-electron chi connectivity index (χ1n) is 7.47. The van der Waals surface area contributed by atoms with Gasteiger partial charge in [-0.2, -0.15) is 13.2 Å². The molecule has 0 bridgehead atoms. The molecule has 2 unspecified atom stereocenters. The van der Waals surface area contributed by atoms with E-state index >= 15 is 0 Å². The van der Waals surface area contributed by atoms with Gasteiger partial charge in [-0.15, -0.1) is 0 Å². The smallest absolute Gasteiger partial charge is 0.388 e. The monoisotopic (exact) mass is 330 g/mol. The second kappa shape index (κ2) is 16.5. The van der Waals surface area contributed by atoms with Crippen molar-refractivity contribution in [2.75, 3.05) is 34.9 Å². The Morgan fingerprint density at radius 1 is 1.23 bits per heavy atom. The molecule has 22 heavy (non-hydrogen) atoms. The molecular weight excluding hydrogens is 297 g/mol. The first-order valence-corrected chi connectivity index (χ1v) is 7.47. The van der Waals surface area contributed by atoms with Crippen LogP contribution >= 0.6 is 0 Å². The Balaban J connectivity index is -0.000000256. The van der Waals surface area contributed by atoms with E-state index in [-0.39, 0.29) is 0 Å². The predicted molar refractivity (Wildman–Crippen MR) is 84.9 cm³/mol. The molecule has 0 heterocycles. The number of hydrogen-bond donors (Lipinski definition) is 1. The molecule has 1 rings (SSSR count). The van der Waals surface area contributed by atoms with Crippen molar-refractivity contribution < 1.29 is 22.7 Å². The van der Waals surface area contributed by atoms with Crippen LogP contribution in [0, 0.1) is 5.92 Å². The van der Waals surface area contributed by atoms with Gasteiger partial charge in [-0.25, -0.2) is 0 Å². The Kier molecular flexibility index (Phi) is 19.6. The molecule has 136 valence electrons. The van der Waals surface area contributed by atoms with Crippen LogP contribution in [0.15, 0.2) is 0 Å². The van der Waals surface area contributed by atoms with Crippen LogP contribution in [0.1, 0.15) is 40.0 Å². The van der Waals surface area contributed by atoms with Crippen molar-refractivity contribution in [2.45, 2.75) is 52.3 Å². The number of amides is 1. The predicted octanol–water partition coefficient (Wildman–Crippen LogP) is 3.32. The van der Waals surface area contributed by atoms with Gasteiger partial charge in [0.1, 0.15) is 0 Å². The van der Waals surface area contributed by atoms with E-state index in [1.54, 1.807) is 14.2 Å². The number of carbonyl (C=O) groups excluding carboxylic acids is 1. The molecule has 2 atom stereocenters. The lowest BCUT2D eigenvalue weighted by Gasteiger charge is -2.11. The maximum absolute atomic E-state index is 11.3. The molecule has 0 aromatic carbocycles. The topological polar surface area (TPSA) is 41.6 Å². The number of halogens is 3. The molecule has 0 radical (unpaired) electrons. The highest BCUT2D eigenvalue weighted by atomic mass is 19.4. The van der Waals surface area contributed by atoms with Crippen LogP contribution in [-0.2, 0) is 9.53 Å². The van der Waals surface area contributed by atoms with Crippen LogP contribution in [0.4, 0.5) is 13.2 Å². The largest absolute Gasteiger partial charge is 0.401 e. The van der Waals surface area contributed by atoms with Crippen LogP contribution in [0.25, 0.3) is 0 Å². The highest BCUT2D eigenvalue weighted by Crippen LogP contribution is 2.23. The van der Waals surface area contributed by atoms with E-state index in [1.807, 2.05) is 13.8 Å². The molecule has 0 aromatic heterocycles. The molecular formula is C15H33F3N2O2. The quantitative estimate of drug-likeness (QED) is 0.807. The maximum Gasteiger partial charge on any atom is 0.401 e. The van der Waals surface area contributed by atoms with Gasteiger partial charge in [0, 0.05) is 20.3 Å². The van der Waals surface area contributed by atoms with Crippen molar-refractivity contribution in [3.8, 4) is 0 Å². The third-order valence-corrected chi connectivity index (χ3v) is 2.49. The van der Waals surface area contributed by atoms with Gasteiger partial charge in [0.15, 0.2) is 0 Å². The van der Waals surface area contributed by atoms with Gasteiger partial charge in [0.05, 0.1) is 6.54 Å². The van der Waals surface area contributed by atoms with Gasteiger partial charge in [-0.05, 0) is 39.3 Å². The summed E-state index contributed by atoms with van der Waals surface area (Å²) in [5, 5.41) is 2.79. The van der Waals surface area contributed by atoms with E-state index in [9.17, 15) is 18.0 Å². The highest BCUT2D eigenvalue weighted by Gasteiger charge is 2.27. The van der Waals surface area contributed by atoms with Crippen molar-refractivity contribution in [3.05, 3.63) is 0 Å². The Hall–Kier alpha value is -0.820. The zero-order valence-electron chi connectivity index (χ0n) is 15.0. The number of methoxy groups -OCH3 is 1. The molecule has 0 saturated heterocycles. The average Bonchev–Trinajstić information content (AvgIpc) is 2.76. The number of hydrogen-bond acceptors (Lipinski definition) is 3. The summed E-state index contributed by atoms with van der Waals surface area (Å²) in [6, 6.07) is 0.470. The zero-order valence-corrected chi connectivity index (χ0v) is 15.0. The van der Waals surface area contributed by atoms with Gasteiger partial charge in [-0.1, -0.05) is 20.8 Å². The minimum Gasteiger partial charge on any atom is -0.388 e. The van der Waals surface area contributed by atoms with Crippen molar-refractivity contribution in [1.82, 2.24) is 10.2 Å². The Morgan fingerprint density at radius 2 is 1.68 bits per heavy atom. The molecule has 0 aliphatic heterocycles. The first-order chi connectivity index (χ1) is 10.2. The Labute approximate surface area is 133 Å². The molecule has 1 aliphatic carbocycles. The Bertz CT molecular complexity index is 237. The van der Waals surface area contributed by atoms with Gasteiger partial charge in [-0.3, -0.25) is 4.79 Å². The summed E-state index contributed by atoms with van der Waals surface area (Å²) in [6.45, 7) is 5.39. The molecule has 1 saturated carbocycles. The Morgan fingerprint density at radius 3 is 1.86 bits per heavy atom. The van der Waals surface area contributed by atoms with Crippen molar-refractivity contribution in [1.29, 1.82) is 0 Å². The summed E-state index contributed by atoms with van der Waals surface area (Å²) in [5.41, 5.74) is 0. The average molecular weight is 330 g/mol. The lowest BCUT2D eigenvalue weighted by Crippen LogP contribution is -2.27. The standard InChI is InChI=1S/C7H13NO.C4H8F3N.C2H6O.C2H6/c1-6-2-3-7(4-6)8-5-9;1-8(2)3-4(5,6)7;1-3-2;1-2/h5-7H,2-4H2,1H3,(H,8,9);3H2,1-2H3;1-2H3;1-2H3. The second-order valence-corrected chi connectivity index (χ2v) is 5.16. The lowest BCUT2D eigenvalue weighted by molar-refractivity contribution is -0.140. The third-order valence-electron chi connectivity index (χ3n) is 2.49. The summed E-state index contributed by atoms with van der Waals surface area (Å²) in [4.78, 5) is 11.0. The van der Waals surface area contributed by atoms with Crippen LogP contribution < -0.4 is 5.32 Å². The molecule has 7 heteroatoms. The van der Waals surface area contributed by atoms with E-state index < -0.39 is 12.7 Å². The van der Waals surface area contributed by atoms with Crippen LogP contribution in [0.2, 0.25) is 0 Å². The molecule has 1 fully saturated rings. The number of alkyl halides is 3. The number of ether oxygens (including phenoxy) is 1. The minimum absolute atomic E-state index is 0.470. The maximum atomic E-state index is 11.3. The molecule has 1 aliphatic rings. The normalized spacial score (nSPS) is 19.8. The number of nitrogens with one attached hydrogen (secondary N) is 1. The fourth-order valence-electron chi connectivity index (χ4n) is 1.81. The second-order valence-electron chi connectivity index (χ2n) is 5.16. The van der Waals surface area contributed by atoms with Crippen LogP contribution in [0.5, 0.6) is 0 Å². The minimum atomic E-state index is -4.05. The van der Waals surface area contributed by atoms with Crippen molar-refractivity contribution in [3.63, 3.8) is 0 Å². The van der Waals surface area contributed by atoms with Gasteiger partial charge < -0.3 is 15.0 Å². The van der Waals surface area contributed by atoms with E-state index in [0.29, 0.717) is 6.04 Å². The van der Waals surface area contributed by atoms with Crippen molar-refractivity contribution >= 4 is 6.41 Å². The first kappa shape index (κ1) is 26.1. The van der Waals surface area contributed by atoms with Crippen LogP contribution in [0.3, 0.4) is 0 Å². The SMILES string of the molecule is CC.CC1CCC(NC=O)C1.CN(C)CC(F)(F)F.COC. The highest BCUT2D eigenvalue weighted by molar-refractivity contribution is 5.46. The molecule has 1 N–H and O–H groups in total. The molecule has 4 nitrogen and oxygen atoms in total. The van der Waals surface area contributed by atoms with Crippen LogP contribution in [-0.4, -0.2) is 58.4 Å². The third kappa shape index (κ3) is 24.2. The summed E-state index contributed by atoms with van der Waals surface area (Å²) >= 11 is 0. The summed E-state index contributed by atoms with van der Waals surface area (Å²) in [7, 11) is 6.01. The fraction of sp³-hybridized carbons (Fsp3) is 0.933. The van der Waals surface area contributed by atoms with E-state index in [1.165, 1.54) is 33.4 Å². The number of nitrogens with zero attached hydrogens (tertiary/aromatic N) is 1. The summed E-state index contributed by atoms with van der Waals surface area (Å²) < 4.78 is 38.0. The van der Waals surface area contributed by atoms with Gasteiger partial charge in [0.25, 0.3) is 0 Å².